The lowest BCUT2D eigenvalue weighted by atomic mass is 9.76. The van der Waals surface area contributed by atoms with Gasteiger partial charge in [-0.2, -0.15) is 0 Å². The minimum Gasteiger partial charge on any atom is -0.481 e. The van der Waals surface area contributed by atoms with E-state index in [9.17, 15) is 9.90 Å². The first-order valence-electron chi connectivity index (χ1n) is 6.83. The number of methoxy groups -OCH3 is 1. The van der Waals surface area contributed by atoms with E-state index in [2.05, 4.69) is 0 Å². The van der Waals surface area contributed by atoms with Gasteiger partial charge in [-0.15, -0.1) is 0 Å². The van der Waals surface area contributed by atoms with Gasteiger partial charge in [0.05, 0.1) is 12.0 Å². The average molecular weight is 278 g/mol. The smallest absolute Gasteiger partial charge is 0.314 e. The van der Waals surface area contributed by atoms with Crippen LogP contribution >= 0.6 is 0 Å². The molecule has 0 bridgehead atoms. The van der Waals surface area contributed by atoms with Gasteiger partial charge in [0.25, 0.3) is 0 Å². The number of carboxylic acid groups (broad SMARTS) is 1. The van der Waals surface area contributed by atoms with Gasteiger partial charge in [0, 0.05) is 12.7 Å². The van der Waals surface area contributed by atoms with Gasteiger partial charge >= 0.3 is 5.97 Å². The molecule has 5 heteroatoms. The van der Waals surface area contributed by atoms with E-state index in [-0.39, 0.29) is 6.79 Å². The second-order valence-corrected chi connectivity index (χ2v) is 5.35. The van der Waals surface area contributed by atoms with E-state index in [1.807, 2.05) is 6.07 Å². The van der Waals surface area contributed by atoms with Crippen molar-refractivity contribution in [3.8, 4) is 11.5 Å². The van der Waals surface area contributed by atoms with Crippen LogP contribution in [0, 0.1) is 0 Å². The predicted molar refractivity (Wildman–Crippen MR) is 71.1 cm³/mol. The van der Waals surface area contributed by atoms with E-state index in [1.54, 1.807) is 13.2 Å². The van der Waals surface area contributed by atoms with E-state index in [0.717, 1.165) is 24.0 Å². The van der Waals surface area contributed by atoms with Crippen molar-refractivity contribution in [3.63, 3.8) is 0 Å². The van der Waals surface area contributed by atoms with Gasteiger partial charge in [-0.1, -0.05) is 18.9 Å². The Bertz CT molecular complexity index is 531. The molecule has 0 unspecified atom stereocenters. The Kier molecular flexibility index (Phi) is 3.30. The molecule has 1 aliphatic heterocycles. The topological polar surface area (TPSA) is 65.0 Å². The Morgan fingerprint density at radius 3 is 2.75 bits per heavy atom. The maximum absolute atomic E-state index is 11.9. The number of carboxylic acids is 1. The van der Waals surface area contributed by atoms with Crippen molar-refractivity contribution in [2.75, 3.05) is 13.9 Å². The summed E-state index contributed by atoms with van der Waals surface area (Å²) in [5, 5.41) is 9.75. The van der Waals surface area contributed by atoms with E-state index in [0.29, 0.717) is 30.9 Å². The van der Waals surface area contributed by atoms with Gasteiger partial charge in [0.15, 0.2) is 11.5 Å². The summed E-state index contributed by atoms with van der Waals surface area (Å²) in [5.41, 5.74) is 0.815. The largest absolute Gasteiger partial charge is 0.481 e. The third kappa shape index (κ3) is 1.85. The number of hydrogen-bond acceptors (Lipinski definition) is 4. The van der Waals surface area contributed by atoms with E-state index < -0.39 is 11.4 Å². The molecule has 1 heterocycles. The van der Waals surface area contributed by atoms with Gasteiger partial charge in [-0.3, -0.25) is 4.79 Å². The van der Waals surface area contributed by atoms with Crippen LogP contribution in [-0.4, -0.2) is 25.0 Å². The third-order valence-electron chi connectivity index (χ3n) is 4.31. The first-order valence-corrected chi connectivity index (χ1v) is 6.83. The lowest BCUT2D eigenvalue weighted by Crippen LogP contribution is -2.33. The standard InChI is InChI=1S/C15H18O5/c1-18-8-10-11(4-5-12-13(10)20-9-19-12)15(14(16)17)6-2-3-7-15/h4-5H,2-3,6-9H2,1H3,(H,16,17). The lowest BCUT2D eigenvalue weighted by molar-refractivity contribution is -0.143. The first-order chi connectivity index (χ1) is 9.69. The van der Waals surface area contributed by atoms with E-state index >= 15 is 0 Å². The number of hydrogen-bond donors (Lipinski definition) is 1. The Labute approximate surface area is 117 Å². The van der Waals surface area contributed by atoms with Crippen LogP contribution in [0.25, 0.3) is 0 Å². The lowest BCUT2D eigenvalue weighted by Gasteiger charge is -2.27. The fourth-order valence-corrected chi connectivity index (χ4v) is 3.34. The second-order valence-electron chi connectivity index (χ2n) is 5.35. The van der Waals surface area contributed by atoms with E-state index in [4.69, 9.17) is 14.2 Å². The quantitative estimate of drug-likeness (QED) is 0.916. The Morgan fingerprint density at radius 2 is 2.10 bits per heavy atom. The zero-order valence-electron chi connectivity index (χ0n) is 11.5. The van der Waals surface area contributed by atoms with Gasteiger partial charge in [-0.05, 0) is 24.5 Å². The molecular formula is C15H18O5. The van der Waals surface area contributed by atoms with Crippen molar-refractivity contribution in [3.05, 3.63) is 23.3 Å². The summed E-state index contributed by atoms with van der Waals surface area (Å²) in [6.07, 6.45) is 3.21. The second kappa shape index (κ2) is 4.98. The molecule has 108 valence electrons. The highest BCUT2D eigenvalue weighted by atomic mass is 16.7. The van der Waals surface area contributed by atoms with Gasteiger partial charge in [0.2, 0.25) is 6.79 Å². The molecule has 0 spiro atoms. The summed E-state index contributed by atoms with van der Waals surface area (Å²) in [6, 6.07) is 3.67. The summed E-state index contributed by atoms with van der Waals surface area (Å²) >= 11 is 0. The predicted octanol–water partition coefficient (Wildman–Crippen LogP) is 2.46. The molecule has 1 aromatic rings. The number of benzene rings is 1. The van der Waals surface area contributed by atoms with Crippen LogP contribution < -0.4 is 9.47 Å². The summed E-state index contributed by atoms with van der Waals surface area (Å²) in [4.78, 5) is 11.9. The number of carbonyl (C=O) groups is 1. The zero-order chi connectivity index (χ0) is 14.2. The molecule has 3 rings (SSSR count). The van der Waals surface area contributed by atoms with E-state index in [1.165, 1.54) is 0 Å². The van der Waals surface area contributed by atoms with Crippen molar-refractivity contribution in [1.29, 1.82) is 0 Å². The normalized spacial score (nSPS) is 19.2. The number of aliphatic carboxylic acids is 1. The van der Waals surface area contributed by atoms with Crippen LogP contribution in [0.15, 0.2) is 12.1 Å². The highest BCUT2D eigenvalue weighted by molar-refractivity contribution is 5.83. The summed E-state index contributed by atoms with van der Waals surface area (Å²) in [5.74, 6) is 0.544. The van der Waals surface area contributed by atoms with Crippen LogP contribution in [0.2, 0.25) is 0 Å². The van der Waals surface area contributed by atoms with Crippen molar-refractivity contribution in [2.45, 2.75) is 37.7 Å². The number of rotatable bonds is 4. The molecule has 20 heavy (non-hydrogen) atoms. The molecule has 0 radical (unpaired) electrons. The van der Waals surface area contributed by atoms with Crippen molar-refractivity contribution in [1.82, 2.24) is 0 Å². The van der Waals surface area contributed by atoms with Crippen molar-refractivity contribution < 1.29 is 24.1 Å². The number of ether oxygens (including phenoxy) is 3. The Balaban J connectivity index is 2.15. The SMILES string of the molecule is COCc1c(C2(C(=O)O)CCCC2)ccc2c1OCO2. The van der Waals surface area contributed by atoms with Gasteiger partial charge < -0.3 is 19.3 Å². The fourth-order valence-electron chi connectivity index (χ4n) is 3.34. The molecule has 1 aliphatic carbocycles. The molecule has 1 N–H and O–H groups in total. The summed E-state index contributed by atoms with van der Waals surface area (Å²) < 4.78 is 16.1. The molecule has 0 amide bonds. The van der Waals surface area contributed by atoms with Crippen LogP contribution in [0.5, 0.6) is 11.5 Å². The van der Waals surface area contributed by atoms with Crippen LogP contribution in [0.3, 0.4) is 0 Å². The molecule has 5 nitrogen and oxygen atoms in total. The molecule has 2 aliphatic rings. The Hall–Kier alpha value is -1.75. The molecular weight excluding hydrogens is 260 g/mol. The number of fused-ring (bicyclic) bond motifs is 1. The average Bonchev–Trinajstić information content (AvgIpc) is 3.08. The zero-order valence-corrected chi connectivity index (χ0v) is 11.5. The summed E-state index contributed by atoms with van der Waals surface area (Å²) in [6.45, 7) is 0.506. The third-order valence-corrected chi connectivity index (χ3v) is 4.31. The van der Waals surface area contributed by atoms with Crippen LogP contribution in [0.4, 0.5) is 0 Å². The monoisotopic (exact) mass is 278 g/mol. The maximum atomic E-state index is 11.9. The molecule has 0 atom stereocenters. The molecule has 1 saturated carbocycles. The summed E-state index contributed by atoms with van der Waals surface area (Å²) in [7, 11) is 1.60. The maximum Gasteiger partial charge on any atom is 0.314 e. The van der Waals surface area contributed by atoms with Gasteiger partial charge in [0.1, 0.15) is 0 Å². The minimum atomic E-state index is -0.811. The first kappa shape index (κ1) is 13.2. The highest BCUT2D eigenvalue weighted by Crippen LogP contribution is 2.48. The molecule has 0 saturated heterocycles. The molecule has 0 aromatic heterocycles. The van der Waals surface area contributed by atoms with Crippen molar-refractivity contribution in [2.24, 2.45) is 0 Å². The van der Waals surface area contributed by atoms with Crippen LogP contribution in [-0.2, 0) is 21.6 Å². The van der Waals surface area contributed by atoms with Crippen molar-refractivity contribution >= 4 is 5.97 Å². The fraction of sp³-hybridized carbons (Fsp3) is 0.533. The molecule has 1 fully saturated rings. The highest BCUT2D eigenvalue weighted by Gasteiger charge is 2.45. The van der Waals surface area contributed by atoms with Crippen LogP contribution in [0.1, 0.15) is 36.8 Å². The molecule has 1 aromatic carbocycles. The van der Waals surface area contributed by atoms with Gasteiger partial charge in [-0.25, -0.2) is 0 Å². The Morgan fingerprint density at radius 1 is 1.35 bits per heavy atom. The minimum absolute atomic E-state index is 0.176.